The first kappa shape index (κ1) is 15.9. The molecule has 1 aromatic rings. The van der Waals surface area contributed by atoms with E-state index in [0.29, 0.717) is 0 Å². The van der Waals surface area contributed by atoms with Crippen molar-refractivity contribution in [3.05, 3.63) is 5.82 Å². The summed E-state index contributed by atoms with van der Waals surface area (Å²) in [6.45, 7) is 7.23. The fourth-order valence-electron chi connectivity index (χ4n) is 1.92. The zero-order chi connectivity index (χ0) is 13.4. The molecule has 104 valence electrons. The van der Waals surface area contributed by atoms with Crippen LogP contribution in [0.2, 0.25) is 0 Å². The number of nitrogens with zero attached hydrogens (tertiary/aromatic N) is 2. The second-order valence-corrected chi connectivity index (χ2v) is 6.48. The second kappa shape index (κ2) is 8.09. The number of aliphatic hydroxyl groups is 1. The standard InChI is InChI=1S/C12H23N3OS2/c1-4-12(9-16,13-5-2)7-6-8-17-11-14-10(3)15-18-11/h13,16H,4-9H2,1-3H3. The summed E-state index contributed by atoms with van der Waals surface area (Å²) in [4.78, 5) is 4.33. The minimum Gasteiger partial charge on any atom is -0.394 e. The average molecular weight is 289 g/mol. The maximum Gasteiger partial charge on any atom is 0.170 e. The molecule has 0 saturated carbocycles. The van der Waals surface area contributed by atoms with Gasteiger partial charge in [0.15, 0.2) is 4.34 Å². The highest BCUT2D eigenvalue weighted by atomic mass is 32.2. The Bertz CT molecular complexity index is 340. The molecule has 1 rings (SSSR count). The highest BCUT2D eigenvalue weighted by molar-refractivity contribution is 8.00. The summed E-state index contributed by atoms with van der Waals surface area (Å²) in [5.74, 6) is 1.88. The summed E-state index contributed by atoms with van der Waals surface area (Å²) in [6.07, 6.45) is 3.03. The topological polar surface area (TPSA) is 58.0 Å². The second-order valence-electron chi connectivity index (χ2n) is 4.38. The SMILES string of the molecule is CCNC(CC)(CO)CCCSc1nc(C)ns1. The van der Waals surface area contributed by atoms with E-state index in [4.69, 9.17) is 0 Å². The molecule has 0 bridgehead atoms. The van der Waals surface area contributed by atoms with Crippen LogP contribution in [0, 0.1) is 6.92 Å². The molecule has 2 N–H and O–H groups in total. The first-order valence-electron chi connectivity index (χ1n) is 6.44. The average Bonchev–Trinajstić information content (AvgIpc) is 2.79. The van der Waals surface area contributed by atoms with Crippen LogP contribution in [-0.4, -0.2) is 38.9 Å². The Kier molecular flexibility index (Phi) is 7.14. The molecule has 0 aromatic carbocycles. The van der Waals surface area contributed by atoms with Gasteiger partial charge in [-0.1, -0.05) is 25.6 Å². The quantitative estimate of drug-likeness (QED) is 0.540. The van der Waals surface area contributed by atoms with Crippen LogP contribution in [-0.2, 0) is 0 Å². The van der Waals surface area contributed by atoms with Gasteiger partial charge in [0, 0.05) is 11.3 Å². The number of aromatic nitrogens is 2. The van der Waals surface area contributed by atoms with E-state index in [1.165, 1.54) is 11.5 Å². The smallest absolute Gasteiger partial charge is 0.170 e. The molecular formula is C12H23N3OS2. The molecule has 1 heterocycles. The largest absolute Gasteiger partial charge is 0.394 e. The summed E-state index contributed by atoms with van der Waals surface area (Å²) in [5.41, 5.74) is -0.105. The summed E-state index contributed by atoms with van der Waals surface area (Å²) in [7, 11) is 0. The van der Waals surface area contributed by atoms with E-state index in [1.807, 2.05) is 6.92 Å². The maximum atomic E-state index is 9.54. The molecule has 0 radical (unpaired) electrons. The highest BCUT2D eigenvalue weighted by Gasteiger charge is 2.25. The lowest BCUT2D eigenvalue weighted by molar-refractivity contribution is 0.148. The van der Waals surface area contributed by atoms with E-state index in [0.717, 1.165) is 41.7 Å². The maximum absolute atomic E-state index is 9.54. The van der Waals surface area contributed by atoms with E-state index in [2.05, 4.69) is 28.5 Å². The van der Waals surface area contributed by atoms with E-state index in [9.17, 15) is 5.11 Å². The van der Waals surface area contributed by atoms with Gasteiger partial charge in [0.1, 0.15) is 5.82 Å². The minimum atomic E-state index is -0.105. The van der Waals surface area contributed by atoms with Gasteiger partial charge < -0.3 is 10.4 Å². The lowest BCUT2D eigenvalue weighted by Crippen LogP contribution is -2.48. The predicted molar refractivity (Wildman–Crippen MR) is 78.4 cm³/mol. The van der Waals surface area contributed by atoms with Gasteiger partial charge in [-0.05, 0) is 44.3 Å². The first-order chi connectivity index (χ1) is 8.65. The number of likely N-dealkylation sites (N-methyl/N-ethyl adjacent to an activating group) is 1. The van der Waals surface area contributed by atoms with Crippen molar-refractivity contribution in [2.45, 2.75) is 49.9 Å². The summed E-state index contributed by atoms with van der Waals surface area (Å²) >= 11 is 3.22. The Morgan fingerprint density at radius 2 is 2.22 bits per heavy atom. The fraction of sp³-hybridized carbons (Fsp3) is 0.833. The molecule has 0 saturated heterocycles. The Balaban J connectivity index is 2.30. The molecule has 1 atom stereocenters. The third-order valence-corrected chi connectivity index (χ3v) is 5.08. The van der Waals surface area contributed by atoms with Crippen molar-refractivity contribution in [3.63, 3.8) is 0 Å². The molecule has 0 aliphatic carbocycles. The van der Waals surface area contributed by atoms with Gasteiger partial charge in [-0.25, -0.2) is 4.98 Å². The minimum absolute atomic E-state index is 0.105. The lowest BCUT2D eigenvalue weighted by Gasteiger charge is -2.31. The van der Waals surface area contributed by atoms with Crippen molar-refractivity contribution >= 4 is 23.3 Å². The van der Waals surface area contributed by atoms with Crippen LogP contribution in [0.3, 0.4) is 0 Å². The molecule has 4 nitrogen and oxygen atoms in total. The lowest BCUT2D eigenvalue weighted by atomic mass is 9.91. The molecule has 0 aliphatic rings. The van der Waals surface area contributed by atoms with Crippen LogP contribution < -0.4 is 5.32 Å². The Hall–Kier alpha value is -0.170. The first-order valence-corrected chi connectivity index (χ1v) is 8.20. The molecule has 0 amide bonds. The van der Waals surface area contributed by atoms with Crippen LogP contribution in [0.1, 0.15) is 38.9 Å². The highest BCUT2D eigenvalue weighted by Crippen LogP contribution is 2.24. The number of thioether (sulfide) groups is 1. The normalized spacial score (nSPS) is 14.7. The van der Waals surface area contributed by atoms with Crippen LogP contribution in [0.5, 0.6) is 0 Å². The molecule has 18 heavy (non-hydrogen) atoms. The van der Waals surface area contributed by atoms with E-state index in [1.54, 1.807) is 11.8 Å². The number of rotatable bonds is 9. The third kappa shape index (κ3) is 4.84. The number of hydrogen-bond acceptors (Lipinski definition) is 6. The van der Waals surface area contributed by atoms with Crippen molar-refractivity contribution in [1.29, 1.82) is 0 Å². The number of nitrogens with one attached hydrogen (secondary N) is 1. The van der Waals surface area contributed by atoms with Gasteiger partial charge in [-0.2, -0.15) is 4.37 Å². The van der Waals surface area contributed by atoms with Gasteiger partial charge in [0.2, 0.25) is 0 Å². The monoisotopic (exact) mass is 289 g/mol. The molecule has 0 fully saturated rings. The van der Waals surface area contributed by atoms with E-state index in [-0.39, 0.29) is 12.1 Å². The van der Waals surface area contributed by atoms with Gasteiger partial charge in [0.05, 0.1) is 6.61 Å². The third-order valence-electron chi connectivity index (χ3n) is 3.07. The zero-order valence-electron chi connectivity index (χ0n) is 11.4. The zero-order valence-corrected chi connectivity index (χ0v) is 13.0. The molecule has 6 heteroatoms. The number of aliphatic hydroxyl groups excluding tert-OH is 1. The Morgan fingerprint density at radius 3 is 2.72 bits per heavy atom. The van der Waals surface area contributed by atoms with Crippen molar-refractivity contribution in [2.75, 3.05) is 18.9 Å². The van der Waals surface area contributed by atoms with Crippen LogP contribution >= 0.6 is 23.3 Å². The fourth-order valence-corrected chi connectivity index (χ4v) is 3.58. The van der Waals surface area contributed by atoms with Crippen molar-refractivity contribution in [3.8, 4) is 0 Å². The number of hydrogen-bond donors (Lipinski definition) is 2. The molecule has 0 spiro atoms. The van der Waals surface area contributed by atoms with E-state index >= 15 is 0 Å². The van der Waals surface area contributed by atoms with E-state index < -0.39 is 0 Å². The molecular weight excluding hydrogens is 266 g/mol. The van der Waals surface area contributed by atoms with Gasteiger partial charge in [-0.3, -0.25) is 0 Å². The van der Waals surface area contributed by atoms with Gasteiger partial charge in [0.25, 0.3) is 0 Å². The molecule has 1 aromatic heterocycles. The van der Waals surface area contributed by atoms with Crippen molar-refractivity contribution in [1.82, 2.24) is 14.7 Å². The summed E-state index contributed by atoms with van der Waals surface area (Å²) in [5, 5.41) is 13.0. The van der Waals surface area contributed by atoms with Crippen molar-refractivity contribution in [2.24, 2.45) is 0 Å². The van der Waals surface area contributed by atoms with Crippen LogP contribution in [0.15, 0.2) is 4.34 Å². The van der Waals surface area contributed by atoms with Crippen LogP contribution in [0.25, 0.3) is 0 Å². The predicted octanol–water partition coefficient (Wildman–Crippen LogP) is 2.47. The number of aryl methyl sites for hydroxylation is 1. The van der Waals surface area contributed by atoms with Gasteiger partial charge >= 0.3 is 0 Å². The van der Waals surface area contributed by atoms with Gasteiger partial charge in [-0.15, -0.1) is 0 Å². The summed E-state index contributed by atoms with van der Waals surface area (Å²) in [6, 6.07) is 0. The summed E-state index contributed by atoms with van der Waals surface area (Å²) < 4.78 is 5.21. The van der Waals surface area contributed by atoms with Crippen LogP contribution in [0.4, 0.5) is 0 Å². The molecule has 0 aliphatic heterocycles. The van der Waals surface area contributed by atoms with Crippen molar-refractivity contribution < 1.29 is 5.11 Å². The Labute approximate surface area is 118 Å². The Morgan fingerprint density at radius 1 is 1.44 bits per heavy atom. The molecule has 1 unspecified atom stereocenters.